The van der Waals surface area contributed by atoms with Gasteiger partial charge in [0.25, 0.3) is 0 Å². The molecule has 0 saturated carbocycles. The van der Waals surface area contributed by atoms with Gasteiger partial charge < -0.3 is 15.2 Å². The summed E-state index contributed by atoms with van der Waals surface area (Å²) in [6.07, 6.45) is -0.608. The highest BCUT2D eigenvalue weighted by molar-refractivity contribution is 5.16. The summed E-state index contributed by atoms with van der Waals surface area (Å²) in [6, 6.07) is 17.5. The number of rotatable bonds is 9. The average molecular weight is 401 g/mol. The van der Waals surface area contributed by atoms with Gasteiger partial charge in [0.2, 0.25) is 0 Å². The van der Waals surface area contributed by atoms with Crippen molar-refractivity contribution in [2.24, 2.45) is 11.8 Å². The van der Waals surface area contributed by atoms with Crippen molar-refractivity contribution in [1.29, 1.82) is 0 Å². The van der Waals surface area contributed by atoms with E-state index in [-0.39, 0.29) is 19.0 Å². The van der Waals surface area contributed by atoms with Crippen LogP contribution in [0.25, 0.3) is 0 Å². The Hall–Kier alpha value is -1.79. The molecule has 3 unspecified atom stereocenters. The normalized spacial score (nSPS) is 23.8. The number of aliphatic hydroxyl groups is 1. The minimum atomic E-state index is -0.608. The first-order valence-corrected chi connectivity index (χ1v) is 10.5. The predicted molar refractivity (Wildman–Crippen MR) is 114 cm³/mol. The van der Waals surface area contributed by atoms with Crippen molar-refractivity contribution in [2.75, 3.05) is 26.2 Å². The molecule has 158 valence electrons. The van der Waals surface area contributed by atoms with Gasteiger partial charge in [0.05, 0.1) is 19.3 Å². The summed E-state index contributed by atoms with van der Waals surface area (Å²) in [5.74, 6) is 0.716. The molecular weight excluding hydrogens is 367 g/mol. The van der Waals surface area contributed by atoms with E-state index in [1.165, 1.54) is 11.6 Å². The summed E-state index contributed by atoms with van der Waals surface area (Å²) >= 11 is 0. The maximum Gasteiger partial charge on any atom is 0.128 e. The Labute approximate surface area is 173 Å². The molecule has 0 radical (unpaired) electrons. The van der Waals surface area contributed by atoms with E-state index in [4.69, 9.17) is 4.74 Å². The van der Waals surface area contributed by atoms with Crippen LogP contribution in [-0.4, -0.2) is 48.4 Å². The van der Waals surface area contributed by atoms with Gasteiger partial charge in [-0.25, -0.2) is 4.39 Å². The fraction of sp³-hybridized carbons (Fsp3) is 0.500. The van der Waals surface area contributed by atoms with Gasteiger partial charge in [-0.05, 0) is 23.5 Å². The van der Waals surface area contributed by atoms with Crippen molar-refractivity contribution in [1.82, 2.24) is 10.2 Å². The Bertz CT molecular complexity index is 731. The monoisotopic (exact) mass is 400 g/mol. The molecule has 0 spiro atoms. The molecule has 1 heterocycles. The number of piperidine rings is 1. The zero-order chi connectivity index (χ0) is 20.6. The Balaban J connectivity index is 1.39. The number of hydrogen-bond acceptors (Lipinski definition) is 4. The highest BCUT2D eigenvalue weighted by Crippen LogP contribution is 2.23. The number of ether oxygens (including phenoxy) is 1. The number of nitrogens with one attached hydrogen (secondary N) is 1. The quantitative estimate of drug-likeness (QED) is 0.677. The number of halogens is 1. The van der Waals surface area contributed by atoms with Crippen molar-refractivity contribution in [3.05, 3.63) is 71.5 Å². The summed E-state index contributed by atoms with van der Waals surface area (Å²) in [7, 11) is 0. The molecule has 0 bridgehead atoms. The molecule has 4 nitrogen and oxygen atoms in total. The Morgan fingerprint density at radius 2 is 1.72 bits per heavy atom. The third kappa shape index (κ3) is 6.61. The third-order valence-corrected chi connectivity index (χ3v) is 5.68. The SMILES string of the molecule is CC1CN(Cc2ccccc2)CC(C)C1NCC(O)COCc1ccccc1F. The van der Waals surface area contributed by atoms with Crippen LogP contribution in [0.15, 0.2) is 54.6 Å². The second-order valence-corrected chi connectivity index (χ2v) is 8.33. The molecular formula is C24H33FN2O2. The van der Waals surface area contributed by atoms with Gasteiger partial charge in [0.1, 0.15) is 5.82 Å². The highest BCUT2D eigenvalue weighted by Gasteiger charge is 2.31. The van der Waals surface area contributed by atoms with E-state index in [2.05, 4.69) is 54.4 Å². The van der Waals surface area contributed by atoms with E-state index >= 15 is 0 Å². The van der Waals surface area contributed by atoms with E-state index in [0.717, 1.165) is 19.6 Å². The lowest BCUT2D eigenvalue weighted by atomic mass is 9.85. The predicted octanol–water partition coefficient (Wildman–Crippen LogP) is 3.45. The number of benzene rings is 2. The van der Waals surface area contributed by atoms with E-state index in [1.54, 1.807) is 18.2 Å². The highest BCUT2D eigenvalue weighted by atomic mass is 19.1. The second kappa shape index (κ2) is 10.8. The molecule has 2 aromatic carbocycles. The van der Waals surface area contributed by atoms with Crippen LogP contribution < -0.4 is 5.32 Å². The molecule has 5 heteroatoms. The van der Waals surface area contributed by atoms with E-state index in [0.29, 0.717) is 30.0 Å². The molecule has 3 rings (SSSR count). The zero-order valence-electron chi connectivity index (χ0n) is 17.4. The maximum atomic E-state index is 13.6. The van der Waals surface area contributed by atoms with Gasteiger partial charge >= 0.3 is 0 Å². The van der Waals surface area contributed by atoms with Crippen LogP contribution in [0.5, 0.6) is 0 Å². The molecule has 0 aliphatic carbocycles. The second-order valence-electron chi connectivity index (χ2n) is 8.33. The molecule has 1 fully saturated rings. The van der Waals surface area contributed by atoms with Crippen LogP contribution >= 0.6 is 0 Å². The summed E-state index contributed by atoms with van der Waals surface area (Å²) in [4.78, 5) is 2.51. The minimum absolute atomic E-state index is 0.175. The number of hydrogen-bond donors (Lipinski definition) is 2. The first-order chi connectivity index (χ1) is 14.0. The molecule has 2 aromatic rings. The number of likely N-dealkylation sites (tertiary alicyclic amines) is 1. The largest absolute Gasteiger partial charge is 0.389 e. The van der Waals surface area contributed by atoms with Gasteiger partial charge in [-0.1, -0.05) is 62.4 Å². The molecule has 0 aromatic heterocycles. The maximum absolute atomic E-state index is 13.6. The molecule has 1 saturated heterocycles. The van der Waals surface area contributed by atoms with Crippen molar-refractivity contribution in [3.63, 3.8) is 0 Å². The van der Waals surface area contributed by atoms with Gasteiger partial charge in [0, 0.05) is 37.8 Å². The number of aliphatic hydroxyl groups excluding tert-OH is 1. The molecule has 3 atom stereocenters. The van der Waals surface area contributed by atoms with Crippen LogP contribution in [0.1, 0.15) is 25.0 Å². The van der Waals surface area contributed by atoms with Crippen molar-refractivity contribution in [2.45, 2.75) is 39.1 Å². The lowest BCUT2D eigenvalue weighted by Crippen LogP contribution is -2.54. The van der Waals surface area contributed by atoms with Crippen molar-refractivity contribution < 1.29 is 14.2 Å². The summed E-state index contributed by atoms with van der Waals surface area (Å²) in [5.41, 5.74) is 1.86. The molecule has 1 aliphatic rings. The van der Waals surface area contributed by atoms with E-state index in [1.807, 2.05) is 0 Å². The smallest absolute Gasteiger partial charge is 0.128 e. The topological polar surface area (TPSA) is 44.7 Å². The van der Waals surface area contributed by atoms with Crippen LogP contribution in [-0.2, 0) is 17.9 Å². The number of nitrogens with zero attached hydrogens (tertiary/aromatic N) is 1. The lowest BCUT2D eigenvalue weighted by Gasteiger charge is -2.42. The summed E-state index contributed by atoms with van der Waals surface area (Å²) < 4.78 is 19.1. The van der Waals surface area contributed by atoms with E-state index < -0.39 is 6.10 Å². The van der Waals surface area contributed by atoms with Crippen molar-refractivity contribution >= 4 is 0 Å². The van der Waals surface area contributed by atoms with Crippen LogP contribution in [0.4, 0.5) is 4.39 Å². The minimum Gasteiger partial charge on any atom is -0.389 e. The summed E-state index contributed by atoms with van der Waals surface area (Å²) in [6.45, 7) is 8.45. The fourth-order valence-corrected chi connectivity index (χ4v) is 4.30. The zero-order valence-corrected chi connectivity index (χ0v) is 17.4. The lowest BCUT2D eigenvalue weighted by molar-refractivity contribution is 0.0200. The van der Waals surface area contributed by atoms with Gasteiger partial charge in [-0.3, -0.25) is 4.90 Å². The molecule has 1 aliphatic heterocycles. The summed E-state index contributed by atoms with van der Waals surface area (Å²) in [5, 5.41) is 13.8. The van der Waals surface area contributed by atoms with E-state index in [9.17, 15) is 9.50 Å². The standard InChI is InChI=1S/C24H33FN2O2/c1-18-13-27(15-20-8-4-3-5-9-20)14-19(2)24(18)26-12-22(28)17-29-16-21-10-6-7-11-23(21)25/h3-11,18-19,22,24,26,28H,12-17H2,1-2H3. The molecule has 29 heavy (non-hydrogen) atoms. The fourth-order valence-electron chi connectivity index (χ4n) is 4.30. The Kier molecular flexibility index (Phi) is 8.19. The van der Waals surface area contributed by atoms with Crippen molar-refractivity contribution in [3.8, 4) is 0 Å². The average Bonchev–Trinajstić information content (AvgIpc) is 2.69. The Morgan fingerprint density at radius 3 is 2.41 bits per heavy atom. The van der Waals surface area contributed by atoms with Crippen LogP contribution in [0.2, 0.25) is 0 Å². The third-order valence-electron chi connectivity index (χ3n) is 5.68. The van der Waals surface area contributed by atoms with Crippen LogP contribution in [0, 0.1) is 17.7 Å². The van der Waals surface area contributed by atoms with Gasteiger partial charge in [0.15, 0.2) is 0 Å². The molecule has 2 N–H and O–H groups in total. The van der Waals surface area contributed by atoms with Crippen LogP contribution in [0.3, 0.4) is 0 Å². The van der Waals surface area contributed by atoms with Gasteiger partial charge in [-0.2, -0.15) is 0 Å². The van der Waals surface area contributed by atoms with Gasteiger partial charge in [-0.15, -0.1) is 0 Å². The first kappa shape index (κ1) is 21.9. The first-order valence-electron chi connectivity index (χ1n) is 10.5. The molecule has 0 amide bonds. The Morgan fingerprint density at radius 1 is 1.07 bits per heavy atom.